The van der Waals surface area contributed by atoms with Gasteiger partial charge in [-0.15, -0.1) is 0 Å². The van der Waals surface area contributed by atoms with Crippen LogP contribution in [-0.4, -0.2) is 17.3 Å². The molecule has 1 saturated carbocycles. The summed E-state index contributed by atoms with van der Waals surface area (Å²) < 4.78 is 6.01. The zero-order chi connectivity index (χ0) is 14.0. The van der Waals surface area contributed by atoms with Crippen molar-refractivity contribution in [3.05, 3.63) is 35.4 Å². The van der Waals surface area contributed by atoms with E-state index >= 15 is 0 Å². The second-order valence-corrected chi connectivity index (χ2v) is 6.47. The van der Waals surface area contributed by atoms with Crippen molar-refractivity contribution in [3.8, 4) is 0 Å². The molecule has 0 radical (unpaired) electrons. The standard InChI is InChI=1S/C18H26O2/c1-2-15-8-5-6-11-18(15,19)13-17-16-9-4-3-7-14(16)10-12-20-17/h3-4,7,9,15,17,19H,2,5-6,8,10-13H2,1H3. The summed E-state index contributed by atoms with van der Waals surface area (Å²) in [5, 5.41) is 11.1. The lowest BCUT2D eigenvalue weighted by Crippen LogP contribution is -2.42. The van der Waals surface area contributed by atoms with Crippen molar-refractivity contribution in [1.82, 2.24) is 0 Å². The van der Waals surface area contributed by atoms with E-state index in [4.69, 9.17) is 4.74 Å². The van der Waals surface area contributed by atoms with Gasteiger partial charge in [0.1, 0.15) is 0 Å². The van der Waals surface area contributed by atoms with Gasteiger partial charge in [-0.05, 0) is 36.3 Å². The molecule has 2 aliphatic rings. The summed E-state index contributed by atoms with van der Waals surface area (Å²) in [5.74, 6) is 0.439. The maximum Gasteiger partial charge on any atom is 0.0855 e. The van der Waals surface area contributed by atoms with Crippen molar-refractivity contribution in [1.29, 1.82) is 0 Å². The highest BCUT2D eigenvalue weighted by Gasteiger charge is 2.40. The third kappa shape index (κ3) is 2.64. The quantitative estimate of drug-likeness (QED) is 0.902. The van der Waals surface area contributed by atoms with Crippen molar-refractivity contribution in [2.24, 2.45) is 5.92 Å². The highest BCUT2D eigenvalue weighted by Crippen LogP contribution is 2.43. The van der Waals surface area contributed by atoms with Gasteiger partial charge in [-0.1, -0.05) is 50.5 Å². The smallest absolute Gasteiger partial charge is 0.0855 e. The van der Waals surface area contributed by atoms with Crippen LogP contribution in [0.3, 0.4) is 0 Å². The van der Waals surface area contributed by atoms with Gasteiger partial charge < -0.3 is 9.84 Å². The Labute approximate surface area is 122 Å². The number of aliphatic hydroxyl groups is 1. The van der Waals surface area contributed by atoms with Gasteiger partial charge in [0, 0.05) is 6.42 Å². The second-order valence-electron chi connectivity index (χ2n) is 6.47. The Morgan fingerprint density at radius 2 is 2.15 bits per heavy atom. The summed E-state index contributed by atoms with van der Waals surface area (Å²) >= 11 is 0. The molecule has 0 amide bonds. The first-order valence-electron chi connectivity index (χ1n) is 8.15. The molecule has 0 spiro atoms. The van der Waals surface area contributed by atoms with E-state index in [0.717, 1.165) is 38.7 Å². The van der Waals surface area contributed by atoms with Crippen LogP contribution in [0.15, 0.2) is 24.3 Å². The van der Waals surface area contributed by atoms with E-state index in [9.17, 15) is 5.11 Å². The maximum absolute atomic E-state index is 11.1. The predicted octanol–water partition coefficient (Wildman–Crippen LogP) is 4.02. The molecule has 1 heterocycles. The minimum absolute atomic E-state index is 0.0806. The molecule has 2 nitrogen and oxygen atoms in total. The van der Waals surface area contributed by atoms with Crippen LogP contribution in [0, 0.1) is 5.92 Å². The first-order valence-corrected chi connectivity index (χ1v) is 8.15. The lowest BCUT2D eigenvalue weighted by atomic mass is 9.70. The lowest BCUT2D eigenvalue weighted by Gasteiger charge is -2.42. The monoisotopic (exact) mass is 274 g/mol. The van der Waals surface area contributed by atoms with E-state index in [2.05, 4.69) is 31.2 Å². The molecular weight excluding hydrogens is 248 g/mol. The summed E-state index contributed by atoms with van der Waals surface area (Å²) in [4.78, 5) is 0. The fourth-order valence-electron chi connectivity index (χ4n) is 4.11. The minimum Gasteiger partial charge on any atom is -0.389 e. The molecule has 1 aromatic rings. The lowest BCUT2D eigenvalue weighted by molar-refractivity contribution is -0.0979. The average molecular weight is 274 g/mol. The molecule has 1 aromatic carbocycles. The van der Waals surface area contributed by atoms with Crippen molar-refractivity contribution in [2.75, 3.05) is 6.61 Å². The fourth-order valence-corrected chi connectivity index (χ4v) is 4.11. The Balaban J connectivity index is 1.80. The Morgan fingerprint density at radius 3 is 3.00 bits per heavy atom. The van der Waals surface area contributed by atoms with E-state index in [1.165, 1.54) is 24.0 Å². The molecule has 0 aromatic heterocycles. The van der Waals surface area contributed by atoms with Gasteiger partial charge in [-0.25, -0.2) is 0 Å². The molecule has 110 valence electrons. The minimum atomic E-state index is -0.526. The van der Waals surface area contributed by atoms with Gasteiger partial charge in [0.25, 0.3) is 0 Å². The summed E-state index contributed by atoms with van der Waals surface area (Å²) in [6.07, 6.45) is 7.45. The van der Waals surface area contributed by atoms with Crippen LogP contribution in [0.1, 0.15) is 62.7 Å². The molecule has 1 N–H and O–H groups in total. The molecule has 20 heavy (non-hydrogen) atoms. The number of hydrogen-bond donors (Lipinski definition) is 1. The largest absolute Gasteiger partial charge is 0.389 e. The maximum atomic E-state index is 11.1. The Kier molecular flexibility index (Phi) is 4.13. The van der Waals surface area contributed by atoms with E-state index in [1.807, 2.05) is 0 Å². The van der Waals surface area contributed by atoms with Crippen molar-refractivity contribution >= 4 is 0 Å². The zero-order valence-corrected chi connectivity index (χ0v) is 12.5. The van der Waals surface area contributed by atoms with Crippen LogP contribution in [0.2, 0.25) is 0 Å². The van der Waals surface area contributed by atoms with Gasteiger partial charge in [0.05, 0.1) is 18.3 Å². The van der Waals surface area contributed by atoms with E-state index in [1.54, 1.807) is 0 Å². The molecule has 0 saturated heterocycles. The highest BCUT2D eigenvalue weighted by atomic mass is 16.5. The van der Waals surface area contributed by atoms with Gasteiger partial charge in [0.15, 0.2) is 0 Å². The van der Waals surface area contributed by atoms with Crippen LogP contribution in [0.4, 0.5) is 0 Å². The number of fused-ring (bicyclic) bond motifs is 1. The average Bonchev–Trinajstić information content (AvgIpc) is 2.48. The SMILES string of the molecule is CCC1CCCCC1(O)CC1OCCc2ccccc21. The number of hydrogen-bond acceptors (Lipinski definition) is 2. The van der Waals surface area contributed by atoms with Gasteiger partial charge in [0.2, 0.25) is 0 Å². The predicted molar refractivity (Wildman–Crippen MR) is 80.7 cm³/mol. The first-order chi connectivity index (χ1) is 9.73. The van der Waals surface area contributed by atoms with Gasteiger partial charge in [-0.3, -0.25) is 0 Å². The van der Waals surface area contributed by atoms with Crippen LogP contribution in [-0.2, 0) is 11.2 Å². The number of ether oxygens (including phenoxy) is 1. The van der Waals surface area contributed by atoms with E-state index < -0.39 is 5.60 Å². The molecule has 3 rings (SSSR count). The summed E-state index contributed by atoms with van der Waals surface area (Å²) in [5.41, 5.74) is 2.17. The molecule has 2 heteroatoms. The van der Waals surface area contributed by atoms with Gasteiger partial charge in [-0.2, -0.15) is 0 Å². The van der Waals surface area contributed by atoms with E-state index in [0.29, 0.717) is 5.92 Å². The molecule has 3 atom stereocenters. The fraction of sp³-hybridized carbons (Fsp3) is 0.667. The Bertz CT molecular complexity index is 456. The Morgan fingerprint density at radius 1 is 1.30 bits per heavy atom. The summed E-state index contributed by atoms with van der Waals surface area (Å²) in [6, 6.07) is 8.56. The summed E-state index contributed by atoms with van der Waals surface area (Å²) in [6.45, 7) is 2.99. The van der Waals surface area contributed by atoms with E-state index in [-0.39, 0.29) is 6.10 Å². The molecule has 3 unspecified atom stereocenters. The van der Waals surface area contributed by atoms with Crippen LogP contribution >= 0.6 is 0 Å². The Hall–Kier alpha value is -0.860. The molecular formula is C18H26O2. The highest BCUT2D eigenvalue weighted by molar-refractivity contribution is 5.31. The topological polar surface area (TPSA) is 29.5 Å². The van der Waals surface area contributed by atoms with Crippen LogP contribution in [0.5, 0.6) is 0 Å². The first kappa shape index (κ1) is 14.1. The zero-order valence-electron chi connectivity index (χ0n) is 12.5. The molecule has 1 fully saturated rings. The summed E-state index contributed by atoms with van der Waals surface area (Å²) in [7, 11) is 0. The van der Waals surface area contributed by atoms with Crippen molar-refractivity contribution < 1.29 is 9.84 Å². The second kappa shape index (κ2) is 5.87. The third-order valence-electron chi connectivity index (χ3n) is 5.30. The number of rotatable bonds is 3. The molecule has 0 bridgehead atoms. The normalized spacial score (nSPS) is 33.7. The molecule has 1 aliphatic heterocycles. The van der Waals surface area contributed by atoms with Gasteiger partial charge >= 0.3 is 0 Å². The third-order valence-corrected chi connectivity index (χ3v) is 5.30. The van der Waals surface area contributed by atoms with Crippen molar-refractivity contribution in [3.63, 3.8) is 0 Å². The van der Waals surface area contributed by atoms with Crippen LogP contribution < -0.4 is 0 Å². The van der Waals surface area contributed by atoms with Crippen LogP contribution in [0.25, 0.3) is 0 Å². The van der Waals surface area contributed by atoms with Crippen molar-refractivity contribution in [2.45, 2.75) is 63.6 Å². The molecule has 1 aliphatic carbocycles. The number of benzene rings is 1.